The minimum atomic E-state index is -0.119. The van der Waals surface area contributed by atoms with E-state index in [1.165, 1.54) is 23.3 Å². The molecule has 0 fully saturated rings. The van der Waals surface area contributed by atoms with Gasteiger partial charge < -0.3 is 4.90 Å². The molecule has 138 valence electrons. The number of fused-ring (bicyclic) bond motifs is 5. The summed E-state index contributed by atoms with van der Waals surface area (Å²) in [4.78, 5) is 26.3. The summed E-state index contributed by atoms with van der Waals surface area (Å²) in [6.45, 7) is 7.05. The van der Waals surface area contributed by atoms with E-state index in [1.54, 1.807) is 20.8 Å². The van der Waals surface area contributed by atoms with Gasteiger partial charge in [0.1, 0.15) is 10.7 Å². The van der Waals surface area contributed by atoms with E-state index in [-0.39, 0.29) is 11.7 Å². The molecular formula is C19H25N5OS. The fourth-order valence-electron chi connectivity index (χ4n) is 3.84. The molecule has 0 N–H and O–H groups in total. The number of nitrogens with zero attached hydrogens (tertiary/aromatic N) is 5. The summed E-state index contributed by atoms with van der Waals surface area (Å²) in [7, 11) is 1.82. The van der Waals surface area contributed by atoms with Crippen LogP contribution in [-0.2, 0) is 6.42 Å². The number of carbonyl (C=O) groups excluding carboxylic acids is 1. The van der Waals surface area contributed by atoms with Gasteiger partial charge in [-0.25, -0.2) is 9.97 Å². The molecule has 1 aliphatic rings. The molecule has 1 atom stereocenters. The number of carbonyl (C=O) groups is 1. The average molecular weight is 372 g/mol. The minimum absolute atomic E-state index is 0.119. The highest BCUT2D eigenvalue weighted by atomic mass is 32.1. The van der Waals surface area contributed by atoms with Gasteiger partial charge in [-0.15, -0.1) is 16.4 Å². The molecule has 6 nitrogen and oxygen atoms in total. The van der Waals surface area contributed by atoms with Crippen LogP contribution in [-0.4, -0.2) is 44.0 Å². The maximum Gasteiger partial charge on any atom is 0.293 e. The van der Waals surface area contributed by atoms with Gasteiger partial charge in [-0.1, -0.05) is 20.3 Å². The van der Waals surface area contributed by atoms with Crippen LogP contribution in [0.2, 0.25) is 0 Å². The van der Waals surface area contributed by atoms with Crippen LogP contribution in [0.1, 0.15) is 72.3 Å². The van der Waals surface area contributed by atoms with Gasteiger partial charge in [0.2, 0.25) is 5.82 Å². The van der Waals surface area contributed by atoms with Crippen LogP contribution in [0.5, 0.6) is 0 Å². The maximum atomic E-state index is 12.7. The molecule has 3 aromatic rings. The number of hydrogen-bond acceptors (Lipinski definition) is 5. The van der Waals surface area contributed by atoms with Gasteiger partial charge in [-0.05, 0) is 44.1 Å². The summed E-state index contributed by atoms with van der Waals surface area (Å²) in [5, 5.41) is 5.60. The first kappa shape index (κ1) is 17.4. The maximum absolute atomic E-state index is 12.7. The number of unbranched alkanes of at least 4 members (excludes halogenated alkanes) is 1. The lowest BCUT2D eigenvalue weighted by molar-refractivity contribution is 0.0781. The summed E-state index contributed by atoms with van der Waals surface area (Å²) >= 11 is 1.78. The van der Waals surface area contributed by atoms with Gasteiger partial charge in [0.05, 0.1) is 5.39 Å². The first-order valence-electron chi connectivity index (χ1n) is 9.45. The molecule has 0 spiro atoms. The van der Waals surface area contributed by atoms with Crippen LogP contribution in [0, 0.1) is 6.92 Å². The molecule has 1 amide bonds. The predicted octanol–water partition coefficient (Wildman–Crippen LogP) is 3.96. The Morgan fingerprint density at radius 1 is 1.38 bits per heavy atom. The third-order valence-corrected chi connectivity index (χ3v) is 6.48. The van der Waals surface area contributed by atoms with Crippen molar-refractivity contribution in [3.05, 3.63) is 22.1 Å². The zero-order chi connectivity index (χ0) is 18.4. The second-order valence-electron chi connectivity index (χ2n) is 7.32. The first-order chi connectivity index (χ1) is 12.5. The predicted molar refractivity (Wildman–Crippen MR) is 104 cm³/mol. The molecule has 0 radical (unpaired) electrons. The van der Waals surface area contributed by atoms with Crippen molar-refractivity contribution < 1.29 is 4.79 Å². The molecule has 0 aromatic carbocycles. The van der Waals surface area contributed by atoms with Crippen molar-refractivity contribution in [1.29, 1.82) is 0 Å². The second kappa shape index (κ2) is 6.61. The Labute approximate surface area is 157 Å². The van der Waals surface area contributed by atoms with E-state index in [4.69, 9.17) is 4.98 Å². The van der Waals surface area contributed by atoms with Crippen LogP contribution >= 0.6 is 11.3 Å². The number of thiophene rings is 1. The number of hydrogen-bond donors (Lipinski definition) is 0. The Bertz CT molecular complexity index is 989. The average Bonchev–Trinajstić information content (AvgIpc) is 3.21. The largest absolute Gasteiger partial charge is 0.339 e. The standard InChI is InChI=1S/C19H25N5OS/c1-5-6-10-23(4)19(25)16-21-17-15-14-11(2)8-7-9-13(14)26-18(15)20-12(3)24(17)22-16/h11H,5-10H2,1-4H3/t11-/m0/s1. The Balaban J connectivity index is 1.87. The van der Waals surface area contributed by atoms with Gasteiger partial charge >= 0.3 is 0 Å². The van der Waals surface area contributed by atoms with Crippen LogP contribution in [0.4, 0.5) is 0 Å². The number of amides is 1. The summed E-state index contributed by atoms with van der Waals surface area (Å²) < 4.78 is 1.75. The normalized spacial score (nSPS) is 17.0. The highest BCUT2D eigenvalue weighted by Gasteiger charge is 2.27. The molecule has 4 rings (SSSR count). The van der Waals surface area contributed by atoms with E-state index in [9.17, 15) is 4.79 Å². The number of rotatable bonds is 4. The SMILES string of the molecule is CCCCN(C)C(=O)c1nc2c3c4c(sc3nc(C)n2n1)CCC[C@@H]4C. The summed E-state index contributed by atoms with van der Waals surface area (Å²) in [6.07, 6.45) is 5.58. The quantitative estimate of drug-likeness (QED) is 0.696. The van der Waals surface area contributed by atoms with E-state index in [1.807, 2.05) is 14.0 Å². The lowest BCUT2D eigenvalue weighted by Gasteiger charge is -2.18. The lowest BCUT2D eigenvalue weighted by atomic mass is 9.87. The van der Waals surface area contributed by atoms with Gasteiger partial charge in [0, 0.05) is 18.5 Å². The van der Waals surface area contributed by atoms with Crippen molar-refractivity contribution in [2.45, 2.75) is 58.8 Å². The minimum Gasteiger partial charge on any atom is -0.339 e. The molecule has 3 aromatic heterocycles. The second-order valence-corrected chi connectivity index (χ2v) is 8.41. The monoisotopic (exact) mass is 371 g/mol. The molecule has 0 unspecified atom stereocenters. The Morgan fingerprint density at radius 3 is 2.96 bits per heavy atom. The van der Waals surface area contributed by atoms with Crippen LogP contribution in [0.25, 0.3) is 15.9 Å². The van der Waals surface area contributed by atoms with Crippen molar-refractivity contribution >= 4 is 33.1 Å². The van der Waals surface area contributed by atoms with Crippen molar-refractivity contribution in [2.24, 2.45) is 0 Å². The van der Waals surface area contributed by atoms with E-state index in [0.717, 1.165) is 47.5 Å². The molecule has 0 saturated carbocycles. The fraction of sp³-hybridized carbons (Fsp3) is 0.579. The lowest BCUT2D eigenvalue weighted by Crippen LogP contribution is -2.28. The topological polar surface area (TPSA) is 63.4 Å². The number of aromatic nitrogens is 4. The van der Waals surface area contributed by atoms with Crippen LogP contribution < -0.4 is 0 Å². The molecule has 7 heteroatoms. The molecule has 26 heavy (non-hydrogen) atoms. The van der Waals surface area contributed by atoms with Crippen molar-refractivity contribution in [2.75, 3.05) is 13.6 Å². The fourth-order valence-corrected chi connectivity index (χ4v) is 5.22. The van der Waals surface area contributed by atoms with Crippen LogP contribution in [0.3, 0.4) is 0 Å². The molecule has 0 aliphatic heterocycles. The van der Waals surface area contributed by atoms with Gasteiger partial charge in [0.15, 0.2) is 5.65 Å². The van der Waals surface area contributed by atoms with Gasteiger partial charge in [-0.3, -0.25) is 4.79 Å². The van der Waals surface area contributed by atoms with Crippen molar-refractivity contribution in [3.63, 3.8) is 0 Å². The molecule has 0 bridgehead atoms. The molecular weight excluding hydrogens is 346 g/mol. The van der Waals surface area contributed by atoms with E-state index < -0.39 is 0 Å². The summed E-state index contributed by atoms with van der Waals surface area (Å²) in [6, 6.07) is 0. The first-order valence-corrected chi connectivity index (χ1v) is 10.3. The van der Waals surface area contributed by atoms with E-state index in [0.29, 0.717) is 5.92 Å². The van der Waals surface area contributed by atoms with Crippen molar-refractivity contribution in [3.8, 4) is 0 Å². The summed E-state index contributed by atoms with van der Waals surface area (Å²) in [5.41, 5.74) is 2.16. The van der Waals surface area contributed by atoms with E-state index in [2.05, 4.69) is 23.9 Å². The highest BCUT2D eigenvalue weighted by Crippen LogP contribution is 2.42. The third-order valence-electron chi connectivity index (χ3n) is 5.32. The highest BCUT2D eigenvalue weighted by molar-refractivity contribution is 7.19. The number of aryl methyl sites for hydroxylation is 2. The van der Waals surface area contributed by atoms with Gasteiger partial charge in [-0.2, -0.15) is 4.52 Å². The van der Waals surface area contributed by atoms with Crippen molar-refractivity contribution in [1.82, 2.24) is 24.5 Å². The molecule has 0 saturated heterocycles. The summed E-state index contributed by atoms with van der Waals surface area (Å²) in [5.74, 6) is 1.43. The smallest absolute Gasteiger partial charge is 0.293 e. The van der Waals surface area contributed by atoms with Crippen LogP contribution in [0.15, 0.2) is 0 Å². The Kier molecular flexibility index (Phi) is 4.42. The van der Waals surface area contributed by atoms with Gasteiger partial charge in [0.25, 0.3) is 5.91 Å². The molecule has 1 aliphatic carbocycles. The zero-order valence-electron chi connectivity index (χ0n) is 15.9. The molecule has 3 heterocycles. The van der Waals surface area contributed by atoms with E-state index >= 15 is 0 Å². The Morgan fingerprint density at radius 2 is 2.19 bits per heavy atom. The third kappa shape index (κ3) is 2.69. The Hall–Kier alpha value is -2.02. The zero-order valence-corrected chi connectivity index (χ0v) is 16.7.